The van der Waals surface area contributed by atoms with Crippen LogP contribution in [0.2, 0.25) is 0 Å². The molecule has 2 aromatic heterocycles. The average molecular weight is 345 g/mol. The van der Waals surface area contributed by atoms with Crippen LogP contribution in [0, 0.1) is 0 Å². The Hall–Kier alpha value is -3.28. The lowest BCUT2D eigenvalue weighted by Crippen LogP contribution is -2.19. The van der Waals surface area contributed by atoms with Crippen LogP contribution in [0.25, 0.3) is 11.3 Å². The maximum Gasteiger partial charge on any atom is 0.274 e. The normalized spacial score (nSPS) is 13.6. The number of nitrogens with one attached hydrogen (secondary N) is 1. The van der Waals surface area contributed by atoms with Gasteiger partial charge < -0.3 is 10.2 Å². The van der Waals surface area contributed by atoms with Crippen molar-refractivity contribution in [2.45, 2.75) is 12.8 Å². The van der Waals surface area contributed by atoms with Crippen molar-refractivity contribution in [2.75, 3.05) is 23.3 Å². The molecule has 1 N–H and O–H groups in total. The highest BCUT2D eigenvalue weighted by Crippen LogP contribution is 2.22. The Balaban J connectivity index is 1.45. The van der Waals surface area contributed by atoms with Crippen molar-refractivity contribution in [3.05, 3.63) is 66.5 Å². The van der Waals surface area contributed by atoms with Gasteiger partial charge in [-0.15, -0.1) is 10.2 Å². The third-order valence-electron chi connectivity index (χ3n) is 4.42. The molecule has 0 unspecified atom stereocenters. The molecular formula is C20H19N5O. The van der Waals surface area contributed by atoms with Gasteiger partial charge in [-0.05, 0) is 49.2 Å². The summed E-state index contributed by atoms with van der Waals surface area (Å²) in [5, 5.41) is 11.5. The zero-order chi connectivity index (χ0) is 17.8. The van der Waals surface area contributed by atoms with Crippen LogP contribution in [0.1, 0.15) is 23.3 Å². The zero-order valence-electron chi connectivity index (χ0n) is 14.3. The van der Waals surface area contributed by atoms with Gasteiger partial charge in [0.15, 0.2) is 5.82 Å². The summed E-state index contributed by atoms with van der Waals surface area (Å²) in [7, 11) is 0. The number of carbonyl (C=O) groups is 1. The number of anilines is 2. The number of hydrogen-bond acceptors (Lipinski definition) is 5. The van der Waals surface area contributed by atoms with Crippen LogP contribution in [0.4, 0.5) is 11.5 Å². The summed E-state index contributed by atoms with van der Waals surface area (Å²) in [6.07, 6.45) is 4.03. The third kappa shape index (κ3) is 3.54. The molecule has 1 saturated heterocycles. The summed E-state index contributed by atoms with van der Waals surface area (Å²) in [6, 6.07) is 16.8. The lowest BCUT2D eigenvalue weighted by Gasteiger charge is -2.15. The third-order valence-corrected chi connectivity index (χ3v) is 4.42. The molecule has 0 atom stereocenters. The predicted molar refractivity (Wildman–Crippen MR) is 101 cm³/mol. The molecule has 3 heterocycles. The Morgan fingerprint density at radius 3 is 2.38 bits per heavy atom. The van der Waals surface area contributed by atoms with E-state index in [1.165, 1.54) is 12.8 Å². The highest BCUT2D eigenvalue weighted by atomic mass is 16.1. The van der Waals surface area contributed by atoms with Gasteiger partial charge in [0.1, 0.15) is 5.69 Å². The molecule has 0 bridgehead atoms. The second-order valence-corrected chi connectivity index (χ2v) is 6.22. The minimum atomic E-state index is -0.229. The Morgan fingerprint density at radius 1 is 0.923 bits per heavy atom. The average Bonchev–Trinajstić information content (AvgIpc) is 3.24. The number of pyridine rings is 1. The van der Waals surface area contributed by atoms with E-state index in [4.69, 9.17) is 0 Å². The fourth-order valence-electron chi connectivity index (χ4n) is 3.01. The van der Waals surface area contributed by atoms with Crippen LogP contribution in [-0.4, -0.2) is 34.2 Å². The second-order valence-electron chi connectivity index (χ2n) is 6.22. The molecule has 0 radical (unpaired) electrons. The maximum absolute atomic E-state index is 12.1. The number of benzene rings is 1. The first-order valence-electron chi connectivity index (χ1n) is 8.71. The van der Waals surface area contributed by atoms with E-state index in [1.807, 2.05) is 36.4 Å². The molecule has 26 heavy (non-hydrogen) atoms. The fraction of sp³-hybridized carbons (Fsp3) is 0.200. The summed E-state index contributed by atoms with van der Waals surface area (Å²) < 4.78 is 0. The van der Waals surface area contributed by atoms with E-state index in [2.05, 4.69) is 25.4 Å². The van der Waals surface area contributed by atoms with Crippen molar-refractivity contribution in [1.82, 2.24) is 15.2 Å². The number of rotatable bonds is 4. The SMILES string of the molecule is O=C(Nc1ccc(-c2ccc(N3CCCC3)nn2)cc1)c1ccccn1. The van der Waals surface area contributed by atoms with Crippen LogP contribution >= 0.6 is 0 Å². The van der Waals surface area contributed by atoms with Crippen LogP contribution < -0.4 is 10.2 Å². The molecule has 6 heteroatoms. The monoisotopic (exact) mass is 345 g/mol. The summed E-state index contributed by atoms with van der Waals surface area (Å²) >= 11 is 0. The van der Waals surface area contributed by atoms with Crippen LogP contribution in [-0.2, 0) is 0 Å². The van der Waals surface area contributed by atoms with E-state index in [1.54, 1.807) is 24.4 Å². The molecule has 4 rings (SSSR count). The summed E-state index contributed by atoms with van der Waals surface area (Å²) in [5.41, 5.74) is 2.88. The van der Waals surface area contributed by atoms with Gasteiger partial charge in [0.25, 0.3) is 5.91 Å². The minimum Gasteiger partial charge on any atom is -0.355 e. The molecule has 130 valence electrons. The van der Waals surface area contributed by atoms with E-state index < -0.39 is 0 Å². The van der Waals surface area contributed by atoms with Gasteiger partial charge in [-0.3, -0.25) is 9.78 Å². The molecule has 1 aromatic carbocycles. The molecule has 6 nitrogen and oxygen atoms in total. The molecule has 1 fully saturated rings. The smallest absolute Gasteiger partial charge is 0.274 e. The van der Waals surface area contributed by atoms with E-state index in [-0.39, 0.29) is 5.91 Å². The molecule has 1 aliphatic rings. The quantitative estimate of drug-likeness (QED) is 0.785. The maximum atomic E-state index is 12.1. The summed E-state index contributed by atoms with van der Waals surface area (Å²) in [5.74, 6) is 0.707. The van der Waals surface area contributed by atoms with Crippen molar-refractivity contribution in [3.8, 4) is 11.3 Å². The number of hydrogen-bond donors (Lipinski definition) is 1. The van der Waals surface area contributed by atoms with Crippen molar-refractivity contribution in [1.29, 1.82) is 0 Å². The van der Waals surface area contributed by atoms with Crippen molar-refractivity contribution < 1.29 is 4.79 Å². The van der Waals surface area contributed by atoms with Gasteiger partial charge in [-0.2, -0.15) is 0 Å². The topological polar surface area (TPSA) is 71.0 Å². The van der Waals surface area contributed by atoms with Crippen LogP contribution in [0.15, 0.2) is 60.8 Å². The fourth-order valence-corrected chi connectivity index (χ4v) is 3.01. The first-order chi connectivity index (χ1) is 12.8. The Kier molecular flexibility index (Phi) is 4.55. The number of amides is 1. The van der Waals surface area contributed by atoms with E-state index in [0.717, 1.165) is 30.2 Å². The molecule has 1 amide bonds. The molecule has 0 saturated carbocycles. The van der Waals surface area contributed by atoms with Crippen molar-refractivity contribution in [2.24, 2.45) is 0 Å². The van der Waals surface area contributed by atoms with Crippen LogP contribution in [0.3, 0.4) is 0 Å². The second kappa shape index (κ2) is 7.31. The Bertz CT molecular complexity index is 872. The molecule has 1 aliphatic heterocycles. The highest BCUT2D eigenvalue weighted by molar-refractivity contribution is 6.02. The zero-order valence-corrected chi connectivity index (χ0v) is 14.3. The largest absolute Gasteiger partial charge is 0.355 e. The van der Waals surface area contributed by atoms with Crippen molar-refractivity contribution >= 4 is 17.4 Å². The first-order valence-corrected chi connectivity index (χ1v) is 8.71. The number of nitrogens with zero attached hydrogens (tertiary/aromatic N) is 4. The molecular weight excluding hydrogens is 326 g/mol. The van der Waals surface area contributed by atoms with Gasteiger partial charge >= 0.3 is 0 Å². The van der Waals surface area contributed by atoms with E-state index >= 15 is 0 Å². The summed E-state index contributed by atoms with van der Waals surface area (Å²) in [6.45, 7) is 2.11. The Morgan fingerprint density at radius 2 is 1.73 bits per heavy atom. The van der Waals surface area contributed by atoms with Crippen molar-refractivity contribution in [3.63, 3.8) is 0 Å². The predicted octanol–water partition coefficient (Wildman–Crippen LogP) is 3.39. The lowest BCUT2D eigenvalue weighted by molar-refractivity contribution is 0.102. The molecule has 3 aromatic rings. The summed E-state index contributed by atoms with van der Waals surface area (Å²) in [4.78, 5) is 18.4. The van der Waals surface area contributed by atoms with E-state index in [0.29, 0.717) is 11.4 Å². The van der Waals surface area contributed by atoms with Gasteiger partial charge in [0.05, 0.1) is 5.69 Å². The standard InChI is InChI=1S/C20H19N5O/c26-20(18-5-1-2-12-21-18)22-16-8-6-15(7-9-16)17-10-11-19(24-23-17)25-13-3-4-14-25/h1-2,5-12H,3-4,13-14H2,(H,22,26). The first kappa shape index (κ1) is 16.2. The molecule has 0 spiro atoms. The van der Waals surface area contributed by atoms with Crippen LogP contribution in [0.5, 0.6) is 0 Å². The van der Waals surface area contributed by atoms with Gasteiger partial charge in [-0.1, -0.05) is 18.2 Å². The Labute approximate surface area is 151 Å². The highest BCUT2D eigenvalue weighted by Gasteiger charge is 2.14. The van der Waals surface area contributed by atoms with Gasteiger partial charge in [0.2, 0.25) is 0 Å². The van der Waals surface area contributed by atoms with Gasteiger partial charge in [-0.25, -0.2) is 0 Å². The van der Waals surface area contributed by atoms with Gasteiger partial charge in [0, 0.05) is 30.5 Å². The minimum absolute atomic E-state index is 0.229. The number of carbonyl (C=O) groups excluding carboxylic acids is 1. The number of aromatic nitrogens is 3. The lowest BCUT2D eigenvalue weighted by atomic mass is 10.1. The molecule has 0 aliphatic carbocycles. The van der Waals surface area contributed by atoms with E-state index in [9.17, 15) is 4.79 Å².